The molecule has 5 nitrogen and oxygen atoms in total. The first kappa shape index (κ1) is 85.0. The number of benzene rings is 22. The standard InChI is InChI=1S/C42H27NS.C40H23NOS.C28H23NS.C25H17NS/c1-3-11-28(12-4-1)31-25-32(29-13-5-2-6-14-29)27-33(26-31)30-19-21-34(22-20-30)43-39-17-9-7-15-35(39)37-23-24-38-36-16-8-10-18-40(36)44-42(38)41(37)43;1-2-8-28-25(7-1)15-21-34-38(28)32-20-19-31-30-10-4-6-12-37(30)43-40(31)39(32)41(34)27-17-13-24(14-18-27)26-16-22-36-33(23-26)29-9-3-5-11-35(29)42-36;1-28(2,3)18-13-16-24-23(17-18)21-14-15-22-20-11-7-8-12-25(20)30-27(22)26(21)29(24)19-9-5-4-6-10-19;1-16-11-14-22-21(15-16)19-12-13-20-18-9-5-6-10-23(18)27-25(20)24(19)26(22)17-7-3-2-4-8-17/h1-27H;1-23H;4-17H,1-3H3;2-15H,1H3. The van der Waals surface area contributed by atoms with Crippen molar-refractivity contribution in [3.05, 3.63) is 484 Å². The van der Waals surface area contributed by atoms with Gasteiger partial charge in [0.05, 0.1) is 62.9 Å². The van der Waals surface area contributed by atoms with Crippen LogP contribution < -0.4 is 0 Å². The predicted molar refractivity (Wildman–Crippen MR) is 625 cm³/mol. The largest absolute Gasteiger partial charge is 0.456 e. The Morgan fingerprint density at radius 2 is 0.528 bits per heavy atom. The number of para-hydroxylation sites is 4. The molecule has 0 saturated heterocycles. The number of fused-ring (bicyclic) bond motifs is 33. The summed E-state index contributed by atoms with van der Waals surface area (Å²) >= 11 is 7.59. The fourth-order valence-corrected chi connectivity index (χ4v) is 27.5. The van der Waals surface area contributed by atoms with E-state index in [1.54, 1.807) is 0 Å². The highest BCUT2D eigenvalue weighted by Crippen LogP contribution is 2.51. The van der Waals surface area contributed by atoms with Crippen LogP contribution in [0.5, 0.6) is 0 Å². The number of hydrogen-bond acceptors (Lipinski definition) is 5. The van der Waals surface area contributed by atoms with E-state index in [0.29, 0.717) is 0 Å². The highest BCUT2D eigenvalue weighted by molar-refractivity contribution is 7.28. The zero-order valence-electron chi connectivity index (χ0n) is 79.4. The Hall–Kier alpha value is -17.0. The summed E-state index contributed by atoms with van der Waals surface area (Å²) in [5.74, 6) is 0. The minimum atomic E-state index is 0.122. The maximum atomic E-state index is 6.08. The lowest BCUT2D eigenvalue weighted by Gasteiger charge is -2.19. The molecular weight excluding hydrogens is 1820 g/mol. The third-order valence-corrected chi connectivity index (χ3v) is 34.2. The molecule has 31 rings (SSSR count). The molecule has 0 atom stereocenters. The summed E-state index contributed by atoms with van der Waals surface area (Å²) < 4.78 is 26.7. The lowest BCUT2D eigenvalue weighted by molar-refractivity contribution is 0.591. The van der Waals surface area contributed by atoms with Crippen molar-refractivity contribution in [1.29, 1.82) is 0 Å². The van der Waals surface area contributed by atoms with Gasteiger partial charge in [0.2, 0.25) is 0 Å². The van der Waals surface area contributed by atoms with Crippen LogP contribution in [-0.4, -0.2) is 18.3 Å². The van der Waals surface area contributed by atoms with E-state index in [2.05, 4.69) is 507 Å². The van der Waals surface area contributed by atoms with Gasteiger partial charge >= 0.3 is 0 Å². The number of furan rings is 1. The van der Waals surface area contributed by atoms with Crippen LogP contribution in [0.1, 0.15) is 31.9 Å². The second kappa shape index (κ2) is 34.2. The Kier molecular flexibility index (Phi) is 20.2. The first-order valence-corrected chi connectivity index (χ1v) is 52.6. The third-order valence-electron chi connectivity index (χ3n) is 29.4. The van der Waals surface area contributed by atoms with Crippen LogP contribution in [0, 0.1) is 6.92 Å². The van der Waals surface area contributed by atoms with Crippen LogP contribution in [0.15, 0.2) is 478 Å². The van der Waals surface area contributed by atoms with Gasteiger partial charge in [-0.2, -0.15) is 0 Å². The molecule has 9 heteroatoms. The van der Waals surface area contributed by atoms with Gasteiger partial charge in [-0.05, 0) is 219 Å². The zero-order valence-corrected chi connectivity index (χ0v) is 82.6. The topological polar surface area (TPSA) is 32.9 Å². The molecule has 0 unspecified atom stereocenters. The van der Waals surface area contributed by atoms with E-state index in [1.165, 1.54) is 257 Å². The lowest BCUT2D eigenvalue weighted by Crippen LogP contribution is -2.10. The van der Waals surface area contributed by atoms with Gasteiger partial charge in [0.15, 0.2) is 0 Å². The normalized spacial score (nSPS) is 12.0. The lowest BCUT2D eigenvalue weighted by atomic mass is 9.86. The van der Waals surface area contributed by atoms with Crippen LogP contribution >= 0.6 is 45.3 Å². The molecule has 0 N–H and O–H groups in total. The summed E-state index contributed by atoms with van der Waals surface area (Å²) in [6, 6.07) is 172. The maximum Gasteiger partial charge on any atom is 0.135 e. The molecule has 0 radical (unpaired) electrons. The van der Waals surface area contributed by atoms with Crippen molar-refractivity contribution >= 4 is 246 Å². The third kappa shape index (κ3) is 14.0. The molecule has 144 heavy (non-hydrogen) atoms. The second-order valence-corrected chi connectivity index (χ2v) is 43.1. The van der Waals surface area contributed by atoms with Gasteiger partial charge in [-0.25, -0.2) is 0 Å². The summed E-state index contributed by atoms with van der Waals surface area (Å²) in [7, 11) is 0. The van der Waals surface area contributed by atoms with E-state index in [4.69, 9.17) is 4.42 Å². The van der Waals surface area contributed by atoms with Gasteiger partial charge in [0.25, 0.3) is 0 Å². The number of rotatable bonds is 8. The molecule has 31 aromatic rings. The first-order chi connectivity index (χ1) is 71.0. The molecule has 0 amide bonds. The number of nitrogens with zero attached hydrogens (tertiary/aromatic N) is 4. The molecule has 0 aliphatic rings. The fraction of sp³-hybridized carbons (Fsp3) is 0.0370. The van der Waals surface area contributed by atoms with Gasteiger partial charge in [0, 0.05) is 139 Å². The Bertz CT molecular complexity index is 10500. The average molecular weight is 1910 g/mol. The molecule has 22 aromatic carbocycles. The van der Waals surface area contributed by atoms with Gasteiger partial charge in [-0.1, -0.05) is 354 Å². The first-order valence-electron chi connectivity index (χ1n) is 49.3. The SMILES string of the molecule is CC(C)(C)c1ccc2c(c1)c1ccc3c4ccccc4sc3c1n2-c1ccccc1.Cc1ccc2c(c1)c1ccc3c4ccccc4sc3c1n2-c1ccccc1.c1ccc(-c2cc(-c3ccccc3)cc(-c3ccc(-n4c5ccccc5c5ccc6c7ccccc7sc6c54)cc3)c2)cc1.c1ccc2c(c1)ccc1c2c2ccc3c4ccccc4sc3c2n1-c1ccc(-c2ccc3oc4ccccc4c3c2)cc1. The number of hydrogen-bond donors (Lipinski definition) is 0. The molecule has 9 heterocycles. The molecule has 0 saturated carbocycles. The summed E-state index contributed by atoms with van der Waals surface area (Å²) in [5.41, 5.74) is 29.3. The van der Waals surface area contributed by atoms with Crippen molar-refractivity contribution in [3.8, 4) is 67.3 Å². The van der Waals surface area contributed by atoms with E-state index in [-0.39, 0.29) is 5.41 Å². The Labute approximate surface area is 846 Å². The van der Waals surface area contributed by atoms with E-state index >= 15 is 0 Å². The molecule has 0 spiro atoms. The smallest absolute Gasteiger partial charge is 0.135 e. The minimum Gasteiger partial charge on any atom is -0.456 e. The molecule has 0 bridgehead atoms. The summed E-state index contributed by atoms with van der Waals surface area (Å²) in [5, 5.41) is 26.1. The van der Waals surface area contributed by atoms with Crippen LogP contribution in [0.4, 0.5) is 0 Å². The zero-order chi connectivity index (χ0) is 95.5. The summed E-state index contributed by atoms with van der Waals surface area (Å²) in [4.78, 5) is 0. The Balaban J connectivity index is 0.0000000953. The van der Waals surface area contributed by atoms with Gasteiger partial charge < -0.3 is 22.7 Å². The quantitative estimate of drug-likeness (QED) is 0.149. The highest BCUT2D eigenvalue weighted by atomic mass is 32.1. The van der Waals surface area contributed by atoms with Crippen LogP contribution in [0.3, 0.4) is 0 Å². The van der Waals surface area contributed by atoms with Crippen molar-refractivity contribution in [3.63, 3.8) is 0 Å². The predicted octanol–water partition coefficient (Wildman–Crippen LogP) is 39.9. The van der Waals surface area contributed by atoms with E-state index in [9.17, 15) is 0 Å². The van der Waals surface area contributed by atoms with E-state index in [0.717, 1.165) is 21.9 Å². The van der Waals surface area contributed by atoms with Crippen LogP contribution in [-0.2, 0) is 5.41 Å². The van der Waals surface area contributed by atoms with Crippen molar-refractivity contribution in [2.75, 3.05) is 0 Å². The van der Waals surface area contributed by atoms with Crippen molar-refractivity contribution in [2.24, 2.45) is 0 Å². The molecule has 0 aliphatic heterocycles. The van der Waals surface area contributed by atoms with Crippen molar-refractivity contribution in [2.45, 2.75) is 33.1 Å². The second-order valence-electron chi connectivity index (χ2n) is 38.9. The maximum absolute atomic E-state index is 6.08. The van der Waals surface area contributed by atoms with Gasteiger partial charge in [-0.15, -0.1) is 45.3 Å². The molecular formula is C135H90N4OS4. The number of aryl methyl sites for hydroxylation is 1. The van der Waals surface area contributed by atoms with Crippen molar-refractivity contribution < 1.29 is 4.42 Å². The van der Waals surface area contributed by atoms with Crippen LogP contribution in [0.2, 0.25) is 0 Å². The minimum absolute atomic E-state index is 0.122. The molecule has 680 valence electrons. The van der Waals surface area contributed by atoms with E-state index in [1.807, 2.05) is 57.5 Å². The number of thiophene rings is 4. The molecule has 0 aliphatic carbocycles. The Morgan fingerprint density at radius 1 is 0.194 bits per heavy atom. The van der Waals surface area contributed by atoms with Crippen molar-refractivity contribution in [1.82, 2.24) is 18.3 Å². The van der Waals surface area contributed by atoms with Gasteiger partial charge in [-0.3, -0.25) is 0 Å². The summed E-state index contributed by atoms with van der Waals surface area (Å²) in [6.07, 6.45) is 0. The van der Waals surface area contributed by atoms with Crippen LogP contribution in [0.25, 0.3) is 268 Å². The molecule has 9 aromatic heterocycles. The Morgan fingerprint density at radius 3 is 1.01 bits per heavy atom. The van der Waals surface area contributed by atoms with E-state index < -0.39 is 0 Å². The summed E-state index contributed by atoms with van der Waals surface area (Å²) in [6.45, 7) is 9.03. The average Bonchev–Trinajstić information content (AvgIpc) is 1.55. The molecule has 0 fully saturated rings. The fourth-order valence-electron chi connectivity index (χ4n) is 22.5. The number of aromatic nitrogens is 4. The monoisotopic (exact) mass is 1910 g/mol. The highest BCUT2D eigenvalue weighted by Gasteiger charge is 2.27. The van der Waals surface area contributed by atoms with Gasteiger partial charge in [0.1, 0.15) is 11.2 Å².